The summed E-state index contributed by atoms with van der Waals surface area (Å²) in [6, 6.07) is 16.0. The van der Waals surface area contributed by atoms with Gasteiger partial charge in [0.1, 0.15) is 23.1 Å². The number of hydrogen-bond acceptors (Lipinski definition) is 5. The van der Waals surface area contributed by atoms with E-state index in [9.17, 15) is 14.4 Å². The van der Waals surface area contributed by atoms with Crippen LogP contribution in [0.3, 0.4) is 0 Å². The molecule has 2 aromatic rings. The molecule has 1 spiro atoms. The first-order chi connectivity index (χ1) is 19.5. The van der Waals surface area contributed by atoms with E-state index in [4.69, 9.17) is 9.47 Å². The van der Waals surface area contributed by atoms with E-state index < -0.39 is 29.6 Å². The number of carbonyl (C=O) groups is 3. The fraction of sp³-hybridized carbons (Fsp3) is 0.469. The fourth-order valence-electron chi connectivity index (χ4n) is 6.82. The minimum absolute atomic E-state index is 0.121. The number of unbranched alkanes of at least 4 members (excludes halogenated alkanes) is 1. The van der Waals surface area contributed by atoms with Gasteiger partial charge in [0, 0.05) is 18.3 Å². The third-order valence-corrected chi connectivity index (χ3v) is 8.73. The number of benzene rings is 2. The lowest BCUT2D eigenvalue weighted by Crippen LogP contribution is -2.56. The van der Waals surface area contributed by atoms with Crippen LogP contribution in [0, 0.1) is 11.8 Å². The summed E-state index contributed by atoms with van der Waals surface area (Å²) < 4.78 is 12.3. The van der Waals surface area contributed by atoms with Crippen molar-refractivity contribution in [1.29, 1.82) is 0 Å². The van der Waals surface area contributed by atoms with Crippen LogP contribution < -0.4 is 15.4 Å². The Morgan fingerprint density at radius 2 is 1.73 bits per heavy atom. The maximum absolute atomic E-state index is 13.9. The van der Waals surface area contributed by atoms with Gasteiger partial charge in [0.25, 0.3) is 0 Å². The van der Waals surface area contributed by atoms with Gasteiger partial charge < -0.3 is 25.0 Å². The van der Waals surface area contributed by atoms with Crippen LogP contribution in [0.25, 0.3) is 0 Å². The highest BCUT2D eigenvalue weighted by Crippen LogP contribution is 2.55. The maximum atomic E-state index is 13.9. The molecule has 1 saturated carbocycles. The molecule has 6 rings (SSSR count). The Labute approximate surface area is 235 Å². The van der Waals surface area contributed by atoms with E-state index >= 15 is 0 Å². The van der Waals surface area contributed by atoms with Crippen molar-refractivity contribution >= 4 is 23.4 Å². The Kier molecular flexibility index (Phi) is 7.36. The number of hydrogen-bond donors (Lipinski definition) is 2. The zero-order valence-electron chi connectivity index (χ0n) is 22.9. The van der Waals surface area contributed by atoms with Crippen LogP contribution in [0.1, 0.15) is 51.9 Å². The van der Waals surface area contributed by atoms with Gasteiger partial charge in [0.05, 0.1) is 17.9 Å². The molecule has 3 fully saturated rings. The minimum Gasteiger partial charge on any atom is -0.457 e. The average molecular weight is 544 g/mol. The molecule has 3 heterocycles. The summed E-state index contributed by atoms with van der Waals surface area (Å²) in [6.45, 7) is 2.53. The Morgan fingerprint density at radius 1 is 1.00 bits per heavy atom. The Morgan fingerprint density at radius 3 is 2.45 bits per heavy atom. The fourth-order valence-corrected chi connectivity index (χ4v) is 6.82. The van der Waals surface area contributed by atoms with E-state index in [0.717, 1.165) is 44.3 Å². The van der Waals surface area contributed by atoms with Gasteiger partial charge in [-0.25, -0.2) is 0 Å². The number of rotatable bonds is 9. The molecule has 2 aromatic carbocycles. The van der Waals surface area contributed by atoms with Crippen molar-refractivity contribution in [2.75, 3.05) is 11.9 Å². The van der Waals surface area contributed by atoms with Crippen LogP contribution in [-0.4, -0.2) is 53.0 Å². The summed E-state index contributed by atoms with van der Waals surface area (Å²) in [5.41, 5.74) is -0.519. The van der Waals surface area contributed by atoms with E-state index in [1.807, 2.05) is 42.5 Å². The van der Waals surface area contributed by atoms with Gasteiger partial charge in [-0.2, -0.15) is 0 Å². The molecular formula is C32H37N3O5. The first-order valence-corrected chi connectivity index (χ1v) is 14.6. The number of ether oxygens (including phenoxy) is 2. The second kappa shape index (κ2) is 11.1. The third-order valence-electron chi connectivity index (χ3n) is 8.73. The lowest BCUT2D eigenvalue weighted by molar-refractivity contribution is -0.141. The topological polar surface area (TPSA) is 97.0 Å². The van der Waals surface area contributed by atoms with Crippen LogP contribution >= 0.6 is 0 Å². The van der Waals surface area contributed by atoms with E-state index in [-0.39, 0.29) is 23.8 Å². The second-order valence-corrected chi connectivity index (χ2v) is 11.4. The van der Waals surface area contributed by atoms with Crippen LogP contribution in [0.15, 0.2) is 66.7 Å². The Bertz CT molecular complexity index is 1270. The van der Waals surface area contributed by atoms with Crippen molar-refractivity contribution in [3.8, 4) is 11.5 Å². The van der Waals surface area contributed by atoms with E-state index in [1.165, 1.54) is 6.42 Å². The molecule has 0 radical (unpaired) electrons. The zero-order chi connectivity index (χ0) is 27.7. The van der Waals surface area contributed by atoms with Gasteiger partial charge in [0.15, 0.2) is 0 Å². The summed E-state index contributed by atoms with van der Waals surface area (Å²) >= 11 is 0. The summed E-state index contributed by atoms with van der Waals surface area (Å²) in [6.07, 6.45) is 10.2. The summed E-state index contributed by atoms with van der Waals surface area (Å²) in [4.78, 5) is 43.0. The lowest BCUT2D eigenvalue weighted by Gasteiger charge is -2.34. The van der Waals surface area contributed by atoms with E-state index in [0.29, 0.717) is 18.0 Å². The van der Waals surface area contributed by atoms with Crippen molar-refractivity contribution in [2.45, 2.75) is 75.7 Å². The van der Waals surface area contributed by atoms with E-state index in [2.05, 4.69) is 17.6 Å². The normalized spacial score (nSPS) is 28.9. The van der Waals surface area contributed by atoms with Gasteiger partial charge in [-0.05, 0) is 55.7 Å². The smallest absolute Gasteiger partial charge is 0.246 e. The molecule has 0 unspecified atom stereocenters. The number of amides is 3. The molecule has 5 atom stereocenters. The molecule has 3 amide bonds. The molecule has 3 aliphatic heterocycles. The largest absolute Gasteiger partial charge is 0.457 e. The predicted molar refractivity (Wildman–Crippen MR) is 151 cm³/mol. The SMILES string of the molecule is CCCCN1C(=O)[C@@H]2[C@H](C(=O)Nc3ccc(Oc4ccccc4)cc3)[C@@H]3C=C[C@@]2(O3)[C@@H]1C(=O)NC1CCCCC1. The van der Waals surface area contributed by atoms with Gasteiger partial charge in [-0.15, -0.1) is 0 Å². The van der Waals surface area contributed by atoms with Crippen molar-refractivity contribution < 1.29 is 23.9 Å². The van der Waals surface area contributed by atoms with Crippen LogP contribution in [0.5, 0.6) is 11.5 Å². The number of nitrogens with one attached hydrogen (secondary N) is 2. The Hall–Kier alpha value is -3.65. The maximum Gasteiger partial charge on any atom is 0.246 e. The number of fused-ring (bicyclic) bond motifs is 1. The molecule has 4 aliphatic rings. The second-order valence-electron chi connectivity index (χ2n) is 11.4. The molecule has 1 aliphatic carbocycles. The molecule has 0 aromatic heterocycles. The highest BCUT2D eigenvalue weighted by Gasteiger charge is 2.72. The lowest BCUT2D eigenvalue weighted by atomic mass is 9.74. The van der Waals surface area contributed by atoms with Crippen LogP contribution in [0.4, 0.5) is 5.69 Å². The highest BCUT2D eigenvalue weighted by atomic mass is 16.5. The van der Waals surface area contributed by atoms with Crippen molar-refractivity contribution in [1.82, 2.24) is 10.2 Å². The molecule has 8 nitrogen and oxygen atoms in total. The van der Waals surface area contributed by atoms with Gasteiger partial charge >= 0.3 is 0 Å². The molecule has 2 bridgehead atoms. The van der Waals surface area contributed by atoms with Crippen LogP contribution in [0.2, 0.25) is 0 Å². The molecule has 210 valence electrons. The monoisotopic (exact) mass is 543 g/mol. The summed E-state index contributed by atoms with van der Waals surface area (Å²) in [5, 5.41) is 6.20. The van der Waals surface area contributed by atoms with Gasteiger partial charge in [0.2, 0.25) is 17.7 Å². The molecule has 8 heteroatoms. The van der Waals surface area contributed by atoms with Crippen LogP contribution in [-0.2, 0) is 19.1 Å². The molecular weight excluding hydrogens is 506 g/mol. The van der Waals surface area contributed by atoms with Crippen molar-refractivity contribution in [3.63, 3.8) is 0 Å². The zero-order valence-corrected chi connectivity index (χ0v) is 22.9. The van der Waals surface area contributed by atoms with Crippen molar-refractivity contribution in [2.24, 2.45) is 11.8 Å². The third kappa shape index (κ3) is 4.79. The molecule has 40 heavy (non-hydrogen) atoms. The standard InChI is InChI=1S/C32H37N3O5/c1-2-3-20-35-28(30(37)34-21-10-6-4-7-11-21)32-19-18-25(40-32)26(27(32)31(35)38)29(36)33-22-14-16-24(17-15-22)39-23-12-8-5-9-13-23/h5,8-9,12-19,21,25-28H,2-4,6-7,10-11,20H2,1H3,(H,33,36)(H,34,37)/t25-,26+,27-,28-,32-/m0/s1. The van der Waals surface area contributed by atoms with Crippen molar-refractivity contribution in [3.05, 3.63) is 66.7 Å². The number of likely N-dealkylation sites (tertiary alicyclic amines) is 1. The average Bonchev–Trinajstić information content (AvgIpc) is 3.61. The number of nitrogens with zero attached hydrogens (tertiary/aromatic N) is 1. The number of para-hydroxylation sites is 1. The minimum atomic E-state index is -1.12. The van der Waals surface area contributed by atoms with Gasteiger partial charge in [-0.1, -0.05) is 63.0 Å². The first-order valence-electron chi connectivity index (χ1n) is 14.6. The number of anilines is 1. The van der Waals surface area contributed by atoms with E-state index in [1.54, 1.807) is 29.2 Å². The highest BCUT2D eigenvalue weighted by molar-refractivity contribution is 6.02. The quantitative estimate of drug-likeness (QED) is 0.442. The summed E-state index contributed by atoms with van der Waals surface area (Å²) in [7, 11) is 0. The molecule has 2 saturated heterocycles. The Balaban J connectivity index is 1.20. The summed E-state index contributed by atoms with van der Waals surface area (Å²) in [5.74, 6) is -0.690. The first kappa shape index (κ1) is 26.6. The predicted octanol–water partition coefficient (Wildman–Crippen LogP) is 4.82. The van der Waals surface area contributed by atoms with Gasteiger partial charge in [-0.3, -0.25) is 14.4 Å². The molecule has 2 N–H and O–H groups in total. The number of carbonyl (C=O) groups excluding carboxylic acids is 3.